The molecule has 9 nitrogen and oxygen atoms in total. The number of carbonyl (C=O) groups is 1. The van der Waals surface area contributed by atoms with Gasteiger partial charge in [-0.25, -0.2) is 4.99 Å². The number of benzene rings is 3. The summed E-state index contributed by atoms with van der Waals surface area (Å²) in [7, 11) is 0. The number of nitro benzene ring substituents is 1. The topological polar surface area (TPSA) is 120 Å². The molecule has 3 aromatic carbocycles. The van der Waals surface area contributed by atoms with Gasteiger partial charge in [0.1, 0.15) is 11.5 Å². The number of aromatic nitrogens is 1. The Morgan fingerprint density at radius 2 is 1.77 bits per heavy atom. The van der Waals surface area contributed by atoms with Crippen LogP contribution in [0.2, 0.25) is 0 Å². The third-order valence-electron chi connectivity index (χ3n) is 7.28. The van der Waals surface area contributed by atoms with E-state index in [4.69, 9.17) is 4.42 Å². The summed E-state index contributed by atoms with van der Waals surface area (Å²) in [5.74, 6) is 0.642. The standard InChI is InChI=1S/C33H26N4O5S/c1-19-9-11-22(12-10-19)30-29(31(38)35-23-7-5-4-6-8-23)21(3)34-33-36(30)32(39)28(43-33)18-25-14-16-27(42-25)26-15-13-24(37(40)41)17-20(26)2/h4-18,30H,1-3H3,(H,35,38)/b28-18-. The second-order valence-corrected chi connectivity index (χ2v) is 11.3. The Labute approximate surface area is 249 Å². The van der Waals surface area contributed by atoms with E-state index in [1.165, 1.54) is 23.5 Å². The summed E-state index contributed by atoms with van der Waals surface area (Å²) < 4.78 is 8.01. The lowest BCUT2D eigenvalue weighted by molar-refractivity contribution is -0.384. The molecule has 43 heavy (non-hydrogen) atoms. The van der Waals surface area contributed by atoms with Crippen molar-refractivity contribution < 1.29 is 14.1 Å². The first kappa shape index (κ1) is 27.8. The number of nitro groups is 1. The van der Waals surface area contributed by atoms with Crippen molar-refractivity contribution in [3.63, 3.8) is 0 Å². The second-order valence-electron chi connectivity index (χ2n) is 10.3. The molecular formula is C33H26N4O5S. The van der Waals surface area contributed by atoms with Crippen LogP contribution in [0.4, 0.5) is 11.4 Å². The van der Waals surface area contributed by atoms with Gasteiger partial charge in [0.25, 0.3) is 17.2 Å². The lowest BCUT2D eigenvalue weighted by Crippen LogP contribution is -2.40. The molecule has 1 aliphatic rings. The average Bonchev–Trinajstić information content (AvgIpc) is 3.57. The Hall–Kier alpha value is -5.35. The van der Waals surface area contributed by atoms with E-state index in [1.807, 2.05) is 49.4 Å². The van der Waals surface area contributed by atoms with Crippen LogP contribution in [0.1, 0.15) is 35.4 Å². The monoisotopic (exact) mass is 590 g/mol. The summed E-state index contributed by atoms with van der Waals surface area (Å²) in [5.41, 5.74) is 4.54. The largest absolute Gasteiger partial charge is 0.457 e. The number of carbonyl (C=O) groups excluding carboxylic acids is 1. The quantitative estimate of drug-likeness (QED) is 0.202. The van der Waals surface area contributed by atoms with Crippen LogP contribution < -0.4 is 20.2 Å². The molecule has 0 bridgehead atoms. The predicted octanol–water partition coefficient (Wildman–Crippen LogP) is 5.66. The molecule has 1 atom stereocenters. The molecule has 10 heteroatoms. The number of anilines is 1. The third kappa shape index (κ3) is 5.35. The molecular weight excluding hydrogens is 564 g/mol. The Morgan fingerprint density at radius 3 is 2.47 bits per heavy atom. The predicted molar refractivity (Wildman–Crippen MR) is 166 cm³/mol. The number of thiazole rings is 1. The Bertz CT molecular complexity index is 2100. The van der Waals surface area contributed by atoms with E-state index in [9.17, 15) is 19.7 Å². The SMILES string of the molecule is CC1=C(C(=O)Nc2ccccc2)C(c2ccc(C)cc2)n2c(s/c(=C\c3ccc(-c4ccc([N+](=O)[O-])cc4C)o3)c2=O)=N1. The van der Waals surface area contributed by atoms with Gasteiger partial charge in [-0.1, -0.05) is 59.4 Å². The van der Waals surface area contributed by atoms with Gasteiger partial charge >= 0.3 is 0 Å². The zero-order valence-corrected chi connectivity index (χ0v) is 24.3. The van der Waals surface area contributed by atoms with Crippen LogP contribution >= 0.6 is 11.3 Å². The minimum absolute atomic E-state index is 0.00406. The lowest BCUT2D eigenvalue weighted by atomic mass is 9.94. The molecule has 1 N–H and O–H groups in total. The maximum atomic E-state index is 14.0. The van der Waals surface area contributed by atoms with Gasteiger partial charge in [0, 0.05) is 29.5 Å². The smallest absolute Gasteiger partial charge is 0.271 e. The minimum atomic E-state index is -0.683. The first-order valence-electron chi connectivity index (χ1n) is 13.5. The van der Waals surface area contributed by atoms with E-state index in [0.717, 1.165) is 16.7 Å². The fraction of sp³-hybridized carbons (Fsp3) is 0.121. The van der Waals surface area contributed by atoms with Crippen molar-refractivity contribution >= 4 is 34.7 Å². The van der Waals surface area contributed by atoms with Gasteiger partial charge in [0.15, 0.2) is 4.80 Å². The molecule has 0 fully saturated rings. The van der Waals surface area contributed by atoms with E-state index < -0.39 is 11.0 Å². The van der Waals surface area contributed by atoms with E-state index in [2.05, 4.69) is 10.3 Å². The van der Waals surface area contributed by atoms with Crippen molar-refractivity contribution in [2.24, 2.45) is 4.99 Å². The van der Waals surface area contributed by atoms with E-state index >= 15 is 0 Å². The van der Waals surface area contributed by atoms with Crippen LogP contribution in [0.5, 0.6) is 0 Å². The second kappa shape index (κ2) is 11.1. The third-order valence-corrected chi connectivity index (χ3v) is 8.26. The molecule has 0 spiro atoms. The van der Waals surface area contributed by atoms with Gasteiger partial charge < -0.3 is 9.73 Å². The highest BCUT2D eigenvalue weighted by atomic mass is 32.1. The van der Waals surface area contributed by atoms with E-state index in [1.54, 1.807) is 54.8 Å². The van der Waals surface area contributed by atoms with Crippen molar-refractivity contribution in [3.05, 3.63) is 148 Å². The molecule has 1 amide bonds. The Kier molecular flexibility index (Phi) is 7.21. The number of nitrogens with one attached hydrogen (secondary N) is 1. The first-order valence-corrected chi connectivity index (χ1v) is 14.3. The first-order chi connectivity index (χ1) is 20.7. The Morgan fingerprint density at radius 1 is 1.02 bits per heavy atom. The summed E-state index contributed by atoms with van der Waals surface area (Å²) in [4.78, 5) is 43.5. The van der Waals surface area contributed by atoms with Crippen LogP contribution in [0, 0.1) is 24.0 Å². The van der Waals surface area contributed by atoms with Gasteiger partial charge in [0.05, 0.1) is 26.8 Å². The number of fused-ring (bicyclic) bond motifs is 1. The number of nitrogens with zero attached hydrogens (tertiary/aromatic N) is 3. The normalized spacial score (nSPS) is 14.8. The molecule has 2 aromatic heterocycles. The molecule has 1 aliphatic heterocycles. The van der Waals surface area contributed by atoms with Gasteiger partial charge in [-0.2, -0.15) is 0 Å². The molecule has 214 valence electrons. The van der Waals surface area contributed by atoms with Crippen LogP contribution in [-0.4, -0.2) is 15.4 Å². The summed E-state index contributed by atoms with van der Waals surface area (Å²) in [5, 5.41) is 14.1. The Balaban J connectivity index is 1.43. The summed E-state index contributed by atoms with van der Waals surface area (Å²) in [6.07, 6.45) is 1.66. The van der Waals surface area contributed by atoms with Crippen LogP contribution in [-0.2, 0) is 4.79 Å². The van der Waals surface area contributed by atoms with Crippen molar-refractivity contribution in [2.75, 3.05) is 5.32 Å². The van der Waals surface area contributed by atoms with Gasteiger partial charge in [-0.05, 0) is 62.2 Å². The van der Waals surface area contributed by atoms with Crippen LogP contribution in [0.3, 0.4) is 0 Å². The fourth-order valence-electron chi connectivity index (χ4n) is 5.14. The number of hydrogen-bond acceptors (Lipinski definition) is 7. The fourth-order valence-corrected chi connectivity index (χ4v) is 6.16. The van der Waals surface area contributed by atoms with Gasteiger partial charge in [0.2, 0.25) is 0 Å². The van der Waals surface area contributed by atoms with Crippen molar-refractivity contribution in [3.8, 4) is 11.3 Å². The zero-order valence-electron chi connectivity index (χ0n) is 23.5. The van der Waals surface area contributed by atoms with Crippen molar-refractivity contribution in [1.29, 1.82) is 0 Å². The number of aryl methyl sites for hydroxylation is 2. The van der Waals surface area contributed by atoms with Gasteiger partial charge in [-0.3, -0.25) is 24.3 Å². The molecule has 6 rings (SSSR count). The number of non-ortho nitro benzene ring substituents is 1. The highest BCUT2D eigenvalue weighted by molar-refractivity contribution is 7.07. The number of hydrogen-bond donors (Lipinski definition) is 1. The molecule has 3 heterocycles. The summed E-state index contributed by atoms with van der Waals surface area (Å²) in [6, 6.07) is 24.3. The minimum Gasteiger partial charge on any atom is -0.457 e. The van der Waals surface area contributed by atoms with Gasteiger partial charge in [-0.15, -0.1) is 0 Å². The molecule has 1 unspecified atom stereocenters. The number of amides is 1. The molecule has 0 aliphatic carbocycles. The maximum Gasteiger partial charge on any atom is 0.271 e. The molecule has 0 radical (unpaired) electrons. The highest BCUT2D eigenvalue weighted by Gasteiger charge is 2.32. The maximum absolute atomic E-state index is 14.0. The highest BCUT2D eigenvalue weighted by Crippen LogP contribution is 2.31. The zero-order chi connectivity index (χ0) is 30.2. The van der Waals surface area contributed by atoms with Crippen molar-refractivity contribution in [2.45, 2.75) is 26.8 Å². The molecule has 5 aromatic rings. The van der Waals surface area contributed by atoms with E-state index in [-0.39, 0.29) is 17.2 Å². The molecule has 0 saturated carbocycles. The van der Waals surface area contributed by atoms with Crippen molar-refractivity contribution in [1.82, 2.24) is 4.57 Å². The number of para-hydroxylation sites is 1. The lowest BCUT2D eigenvalue weighted by Gasteiger charge is -2.25. The van der Waals surface area contributed by atoms with E-state index in [0.29, 0.717) is 43.4 Å². The number of rotatable bonds is 6. The number of furan rings is 1. The van der Waals surface area contributed by atoms with Crippen LogP contribution in [0.15, 0.2) is 110 Å². The molecule has 0 saturated heterocycles. The summed E-state index contributed by atoms with van der Waals surface area (Å²) >= 11 is 1.22. The average molecular weight is 591 g/mol. The van der Waals surface area contributed by atoms with Crippen LogP contribution in [0.25, 0.3) is 17.4 Å². The number of allylic oxidation sites excluding steroid dienone is 1. The summed E-state index contributed by atoms with van der Waals surface area (Å²) in [6.45, 7) is 5.54.